The highest BCUT2D eigenvalue weighted by molar-refractivity contribution is 8.00. The van der Waals surface area contributed by atoms with Crippen LogP contribution in [0, 0.1) is 10.1 Å². The number of ether oxygens (including phenoxy) is 1. The van der Waals surface area contributed by atoms with Gasteiger partial charge in [-0.3, -0.25) is 14.9 Å². The molecule has 1 aromatic rings. The molecule has 2 N–H and O–H groups in total. The van der Waals surface area contributed by atoms with Gasteiger partial charge in [0.25, 0.3) is 5.69 Å². The summed E-state index contributed by atoms with van der Waals surface area (Å²) in [6.07, 6.45) is 2.83. The van der Waals surface area contributed by atoms with Gasteiger partial charge in [-0.15, -0.1) is 0 Å². The fourth-order valence-electron chi connectivity index (χ4n) is 3.08. The normalized spacial score (nSPS) is 24.3. The van der Waals surface area contributed by atoms with Crippen molar-refractivity contribution in [2.45, 2.75) is 43.0 Å². The Hall–Kier alpha value is -2.29. The summed E-state index contributed by atoms with van der Waals surface area (Å²) in [4.78, 5) is 33.2. The Balaban J connectivity index is 1.35. The van der Waals surface area contributed by atoms with Gasteiger partial charge in [-0.25, -0.2) is 4.79 Å². The molecule has 2 aliphatic rings. The van der Waals surface area contributed by atoms with Gasteiger partial charge in [0.05, 0.1) is 17.0 Å². The molecule has 0 spiro atoms. The molecular weight excluding hydrogens is 346 g/mol. The standard InChI is InChI=1S/C16H19N3O5S/c20-14(24-11-7-5-10(6-8-11)19(22)23)4-2-1-3-13-15-12(9-25-13)17-16(21)18-15/h5-8,12-13,15H,1-4,9H2,(H2,17,18,21)/t12-,13+,15+/m1/s1. The molecule has 0 aromatic heterocycles. The predicted octanol–water partition coefficient (Wildman–Crippen LogP) is 2.23. The summed E-state index contributed by atoms with van der Waals surface area (Å²) >= 11 is 1.85. The minimum Gasteiger partial charge on any atom is -0.427 e. The molecule has 8 nitrogen and oxygen atoms in total. The molecule has 2 saturated heterocycles. The predicted molar refractivity (Wildman–Crippen MR) is 92.7 cm³/mol. The van der Waals surface area contributed by atoms with E-state index in [4.69, 9.17) is 4.74 Å². The largest absolute Gasteiger partial charge is 0.427 e. The molecule has 2 heterocycles. The summed E-state index contributed by atoms with van der Waals surface area (Å²) < 4.78 is 5.17. The third-order valence-electron chi connectivity index (χ3n) is 4.34. The van der Waals surface area contributed by atoms with E-state index in [2.05, 4.69) is 10.6 Å². The Labute approximate surface area is 148 Å². The number of hydrogen-bond donors (Lipinski definition) is 2. The average molecular weight is 365 g/mol. The van der Waals surface area contributed by atoms with Gasteiger partial charge < -0.3 is 15.4 Å². The molecule has 25 heavy (non-hydrogen) atoms. The van der Waals surface area contributed by atoms with Gasteiger partial charge in [0.1, 0.15) is 5.75 Å². The number of nitro benzene ring substituents is 1. The molecule has 9 heteroatoms. The number of nitro groups is 1. The first-order valence-electron chi connectivity index (χ1n) is 8.17. The molecule has 0 radical (unpaired) electrons. The van der Waals surface area contributed by atoms with Crippen LogP contribution in [-0.2, 0) is 4.79 Å². The molecule has 3 atom stereocenters. The van der Waals surface area contributed by atoms with Crippen LogP contribution in [0.4, 0.5) is 10.5 Å². The molecule has 3 rings (SSSR count). The number of nitrogens with zero attached hydrogens (tertiary/aromatic N) is 1. The van der Waals surface area contributed by atoms with E-state index >= 15 is 0 Å². The van der Waals surface area contributed by atoms with E-state index in [1.165, 1.54) is 24.3 Å². The lowest BCUT2D eigenvalue weighted by atomic mass is 10.0. The van der Waals surface area contributed by atoms with Gasteiger partial charge in [-0.1, -0.05) is 6.42 Å². The summed E-state index contributed by atoms with van der Waals surface area (Å²) in [5.74, 6) is 0.891. The number of non-ortho nitro benzene ring substituents is 1. The zero-order chi connectivity index (χ0) is 17.8. The van der Waals surface area contributed by atoms with Crippen LogP contribution in [0.15, 0.2) is 24.3 Å². The third kappa shape index (κ3) is 4.41. The number of esters is 1. The van der Waals surface area contributed by atoms with Crippen LogP contribution in [0.25, 0.3) is 0 Å². The SMILES string of the molecule is O=C1N[C@@H]2[C@H](CCCCC(=O)Oc3ccc([N+](=O)[O-])cc3)SC[C@H]2N1. The topological polar surface area (TPSA) is 111 Å². The first-order chi connectivity index (χ1) is 12.0. The Morgan fingerprint density at radius 3 is 2.76 bits per heavy atom. The quantitative estimate of drug-likeness (QED) is 0.191. The van der Waals surface area contributed by atoms with Gasteiger partial charge in [-0.2, -0.15) is 11.8 Å². The minimum absolute atomic E-state index is 0.0411. The molecule has 0 unspecified atom stereocenters. The van der Waals surface area contributed by atoms with Crippen molar-refractivity contribution >= 4 is 29.4 Å². The summed E-state index contributed by atoms with van der Waals surface area (Å²) in [6, 6.07) is 5.76. The van der Waals surface area contributed by atoms with Gasteiger partial charge in [0.15, 0.2) is 0 Å². The number of benzene rings is 1. The lowest BCUT2D eigenvalue weighted by Crippen LogP contribution is -2.36. The summed E-state index contributed by atoms with van der Waals surface area (Å²) in [7, 11) is 0. The lowest BCUT2D eigenvalue weighted by Gasteiger charge is -2.16. The van der Waals surface area contributed by atoms with Crippen molar-refractivity contribution in [1.82, 2.24) is 10.6 Å². The van der Waals surface area contributed by atoms with E-state index in [1.54, 1.807) is 0 Å². The highest BCUT2D eigenvalue weighted by Crippen LogP contribution is 2.33. The monoisotopic (exact) mass is 365 g/mol. The number of carbonyl (C=O) groups is 2. The molecular formula is C16H19N3O5S. The van der Waals surface area contributed by atoms with Crippen LogP contribution in [0.2, 0.25) is 0 Å². The molecule has 2 aliphatic heterocycles. The Kier molecular flexibility index (Phi) is 5.42. The van der Waals surface area contributed by atoms with Gasteiger partial charge in [0.2, 0.25) is 0 Å². The van der Waals surface area contributed by atoms with E-state index in [1.807, 2.05) is 11.8 Å². The van der Waals surface area contributed by atoms with Gasteiger partial charge in [0, 0.05) is 29.6 Å². The number of hydrogen-bond acceptors (Lipinski definition) is 6. The van der Waals surface area contributed by atoms with Gasteiger partial charge >= 0.3 is 12.0 Å². The molecule has 0 aliphatic carbocycles. The Morgan fingerprint density at radius 2 is 2.04 bits per heavy atom. The van der Waals surface area contributed by atoms with E-state index in [0.29, 0.717) is 23.8 Å². The summed E-state index contributed by atoms with van der Waals surface area (Å²) in [5.41, 5.74) is -0.0411. The first-order valence-corrected chi connectivity index (χ1v) is 9.21. The van der Waals surface area contributed by atoms with Crippen LogP contribution in [0.1, 0.15) is 25.7 Å². The minimum atomic E-state index is -0.501. The molecule has 2 amide bonds. The second-order valence-corrected chi connectivity index (χ2v) is 7.36. The smallest absolute Gasteiger partial charge is 0.315 e. The van der Waals surface area contributed by atoms with E-state index in [9.17, 15) is 19.7 Å². The van der Waals surface area contributed by atoms with Crippen LogP contribution in [0.5, 0.6) is 5.75 Å². The molecule has 0 bridgehead atoms. The van der Waals surface area contributed by atoms with Crippen molar-refractivity contribution in [3.63, 3.8) is 0 Å². The van der Waals surface area contributed by atoms with Crippen molar-refractivity contribution in [1.29, 1.82) is 0 Å². The maximum Gasteiger partial charge on any atom is 0.315 e. The van der Waals surface area contributed by atoms with E-state index < -0.39 is 4.92 Å². The Bertz CT molecular complexity index is 666. The van der Waals surface area contributed by atoms with Crippen molar-refractivity contribution in [2.24, 2.45) is 0 Å². The molecule has 134 valence electrons. The zero-order valence-electron chi connectivity index (χ0n) is 13.5. The summed E-state index contributed by atoms with van der Waals surface area (Å²) in [6.45, 7) is 0. The number of nitrogens with one attached hydrogen (secondary N) is 2. The highest BCUT2D eigenvalue weighted by atomic mass is 32.2. The van der Waals surface area contributed by atoms with Crippen molar-refractivity contribution < 1.29 is 19.2 Å². The zero-order valence-corrected chi connectivity index (χ0v) is 14.3. The number of thioether (sulfide) groups is 1. The van der Waals surface area contributed by atoms with Crippen molar-refractivity contribution in [3.8, 4) is 5.75 Å². The van der Waals surface area contributed by atoms with E-state index in [0.717, 1.165) is 18.6 Å². The van der Waals surface area contributed by atoms with Crippen LogP contribution < -0.4 is 15.4 Å². The number of urea groups is 1. The van der Waals surface area contributed by atoms with Crippen LogP contribution >= 0.6 is 11.8 Å². The number of amides is 2. The third-order valence-corrected chi connectivity index (χ3v) is 5.85. The average Bonchev–Trinajstić information content (AvgIpc) is 3.11. The lowest BCUT2D eigenvalue weighted by molar-refractivity contribution is -0.384. The Morgan fingerprint density at radius 1 is 1.28 bits per heavy atom. The maximum atomic E-state index is 11.8. The molecule has 1 aromatic carbocycles. The van der Waals surface area contributed by atoms with Gasteiger partial charge in [-0.05, 0) is 25.0 Å². The summed E-state index contributed by atoms with van der Waals surface area (Å²) in [5, 5.41) is 16.8. The van der Waals surface area contributed by atoms with Crippen LogP contribution in [0.3, 0.4) is 0 Å². The second-order valence-electron chi connectivity index (χ2n) is 6.09. The molecule has 0 saturated carbocycles. The second kappa shape index (κ2) is 7.73. The van der Waals surface area contributed by atoms with E-state index in [-0.39, 0.29) is 29.8 Å². The number of fused-ring (bicyclic) bond motifs is 1. The number of unbranched alkanes of at least 4 members (excludes halogenated alkanes) is 1. The highest BCUT2D eigenvalue weighted by Gasteiger charge is 2.42. The van der Waals surface area contributed by atoms with Crippen molar-refractivity contribution in [2.75, 3.05) is 5.75 Å². The molecule has 2 fully saturated rings. The fraction of sp³-hybridized carbons (Fsp3) is 0.500. The number of rotatable bonds is 7. The fourth-order valence-corrected chi connectivity index (χ4v) is 4.62. The number of carbonyl (C=O) groups excluding carboxylic acids is 2. The maximum absolute atomic E-state index is 11.8. The van der Waals surface area contributed by atoms with Crippen LogP contribution in [-0.4, -0.2) is 40.0 Å². The first kappa shape index (κ1) is 17.5. The van der Waals surface area contributed by atoms with Crippen molar-refractivity contribution in [3.05, 3.63) is 34.4 Å².